The van der Waals surface area contributed by atoms with Gasteiger partial charge in [-0.2, -0.15) is 5.26 Å². The van der Waals surface area contributed by atoms with E-state index >= 15 is 0 Å². The number of carbonyl (C=O) groups excluding carboxylic acids is 1. The van der Waals surface area contributed by atoms with E-state index in [1.165, 1.54) is 0 Å². The van der Waals surface area contributed by atoms with Crippen molar-refractivity contribution in [1.29, 1.82) is 5.26 Å². The second kappa shape index (κ2) is 8.87. The van der Waals surface area contributed by atoms with Crippen LogP contribution in [0.25, 0.3) is 0 Å². The lowest BCUT2D eigenvalue weighted by molar-refractivity contribution is -0.150. The number of nitrogens with zero attached hydrogens (tertiary/aromatic N) is 3. The van der Waals surface area contributed by atoms with E-state index in [1.54, 1.807) is 19.4 Å². The molecule has 1 aromatic carbocycles. The largest absolute Gasteiger partial charge is 0.496 e. The predicted molar refractivity (Wildman–Crippen MR) is 104 cm³/mol. The molecular formula is C20H20BrN3O3. The molecule has 27 heavy (non-hydrogen) atoms. The van der Waals surface area contributed by atoms with Crippen molar-refractivity contribution < 1.29 is 14.3 Å². The van der Waals surface area contributed by atoms with Gasteiger partial charge in [0.05, 0.1) is 18.6 Å². The molecule has 1 saturated heterocycles. The number of hydrogen-bond donors (Lipinski definition) is 0. The molecule has 2 aromatic rings. The summed E-state index contributed by atoms with van der Waals surface area (Å²) in [6.45, 7) is 1.66. The Morgan fingerprint density at radius 2 is 2.11 bits per heavy atom. The molecule has 1 fully saturated rings. The van der Waals surface area contributed by atoms with Crippen LogP contribution in [0.3, 0.4) is 0 Å². The molecule has 1 aliphatic heterocycles. The van der Waals surface area contributed by atoms with Crippen LogP contribution in [0.15, 0.2) is 41.0 Å². The molecule has 6 nitrogen and oxygen atoms in total. The monoisotopic (exact) mass is 429 g/mol. The smallest absolute Gasteiger partial charge is 0.309 e. The number of benzene rings is 1. The third-order valence-electron chi connectivity index (χ3n) is 4.64. The van der Waals surface area contributed by atoms with E-state index in [9.17, 15) is 4.79 Å². The van der Waals surface area contributed by atoms with Crippen LogP contribution in [0.2, 0.25) is 0 Å². The van der Waals surface area contributed by atoms with Gasteiger partial charge >= 0.3 is 5.97 Å². The molecule has 3 rings (SSSR count). The van der Waals surface area contributed by atoms with Crippen molar-refractivity contribution >= 4 is 27.7 Å². The van der Waals surface area contributed by atoms with Crippen LogP contribution in [-0.2, 0) is 16.1 Å². The first kappa shape index (κ1) is 19.2. The summed E-state index contributed by atoms with van der Waals surface area (Å²) in [5.41, 5.74) is 1.37. The number of piperidine rings is 1. The Morgan fingerprint density at radius 1 is 1.33 bits per heavy atom. The average molecular weight is 430 g/mol. The molecule has 0 saturated carbocycles. The van der Waals surface area contributed by atoms with Crippen LogP contribution in [0, 0.1) is 17.2 Å². The highest BCUT2D eigenvalue weighted by Crippen LogP contribution is 2.26. The first-order chi connectivity index (χ1) is 13.1. The molecular weight excluding hydrogens is 410 g/mol. The number of anilines is 1. The fraction of sp³-hybridized carbons (Fsp3) is 0.350. The highest BCUT2D eigenvalue weighted by Gasteiger charge is 2.27. The molecule has 0 spiro atoms. The minimum Gasteiger partial charge on any atom is -0.496 e. The van der Waals surface area contributed by atoms with Crippen molar-refractivity contribution in [3.63, 3.8) is 0 Å². The normalized spacial score (nSPS) is 14.5. The number of methoxy groups -OCH3 is 1. The number of hydrogen-bond acceptors (Lipinski definition) is 6. The number of nitriles is 1. The lowest BCUT2D eigenvalue weighted by Crippen LogP contribution is -2.37. The van der Waals surface area contributed by atoms with Crippen LogP contribution >= 0.6 is 15.9 Å². The van der Waals surface area contributed by atoms with Gasteiger partial charge in [0.2, 0.25) is 0 Å². The summed E-state index contributed by atoms with van der Waals surface area (Å²) >= 11 is 3.42. The quantitative estimate of drug-likeness (QED) is 0.674. The molecule has 7 heteroatoms. The Hall–Kier alpha value is -2.59. The van der Waals surface area contributed by atoms with Gasteiger partial charge in [0.1, 0.15) is 24.2 Å². The highest BCUT2D eigenvalue weighted by molar-refractivity contribution is 9.10. The topological polar surface area (TPSA) is 75.5 Å². The maximum absolute atomic E-state index is 12.4. The molecule has 0 atom stereocenters. The van der Waals surface area contributed by atoms with Gasteiger partial charge in [0, 0.05) is 29.3 Å². The number of esters is 1. The standard InChI is InChI=1S/C20H20BrN3O3/c1-26-18-4-3-17(21)10-16(18)13-27-20(25)15-6-8-24(9-7-15)19-5-2-14(11-22)12-23-19/h2-5,10,12,15H,6-9,13H2,1H3. The molecule has 0 unspecified atom stereocenters. The number of pyridine rings is 1. The first-order valence-electron chi connectivity index (χ1n) is 8.71. The molecule has 0 amide bonds. The van der Waals surface area contributed by atoms with E-state index in [-0.39, 0.29) is 18.5 Å². The van der Waals surface area contributed by atoms with Crippen molar-refractivity contribution in [2.45, 2.75) is 19.4 Å². The number of aromatic nitrogens is 1. The van der Waals surface area contributed by atoms with Crippen molar-refractivity contribution in [3.8, 4) is 11.8 Å². The second-order valence-corrected chi connectivity index (χ2v) is 7.26. The Bertz CT molecular complexity index is 841. The number of ether oxygens (including phenoxy) is 2. The van der Waals surface area contributed by atoms with E-state index in [2.05, 4.69) is 31.9 Å². The first-order valence-corrected chi connectivity index (χ1v) is 9.50. The maximum atomic E-state index is 12.4. The molecule has 140 valence electrons. The lowest BCUT2D eigenvalue weighted by atomic mass is 9.97. The van der Waals surface area contributed by atoms with Gasteiger partial charge in [-0.1, -0.05) is 15.9 Å². The van der Waals surface area contributed by atoms with Gasteiger partial charge in [-0.15, -0.1) is 0 Å². The molecule has 0 aliphatic carbocycles. The molecule has 1 aromatic heterocycles. The van der Waals surface area contributed by atoms with Crippen LogP contribution in [0.1, 0.15) is 24.0 Å². The van der Waals surface area contributed by atoms with Gasteiger partial charge in [0.25, 0.3) is 0 Å². The van der Waals surface area contributed by atoms with Crippen molar-refractivity contribution in [3.05, 3.63) is 52.1 Å². The Kier molecular flexibility index (Phi) is 6.30. The summed E-state index contributed by atoms with van der Waals surface area (Å²) in [4.78, 5) is 18.9. The van der Waals surface area contributed by atoms with E-state index in [1.807, 2.05) is 24.3 Å². The lowest BCUT2D eigenvalue weighted by Gasteiger charge is -2.31. The van der Waals surface area contributed by atoms with Crippen LogP contribution < -0.4 is 9.64 Å². The zero-order chi connectivity index (χ0) is 19.2. The van der Waals surface area contributed by atoms with E-state index < -0.39 is 0 Å². The minimum absolute atomic E-state index is 0.113. The third-order valence-corrected chi connectivity index (χ3v) is 5.13. The fourth-order valence-electron chi connectivity index (χ4n) is 3.11. The number of halogens is 1. The summed E-state index contributed by atoms with van der Waals surface area (Å²) in [6, 6.07) is 11.3. The van der Waals surface area contributed by atoms with Gasteiger partial charge in [-0.25, -0.2) is 4.98 Å². The Labute approximate surface area is 166 Å². The van der Waals surface area contributed by atoms with Crippen molar-refractivity contribution in [2.24, 2.45) is 5.92 Å². The van der Waals surface area contributed by atoms with Gasteiger partial charge in [-0.3, -0.25) is 4.79 Å². The molecule has 0 N–H and O–H groups in total. The second-order valence-electron chi connectivity index (χ2n) is 6.34. The zero-order valence-electron chi connectivity index (χ0n) is 15.0. The van der Waals surface area contributed by atoms with Crippen molar-refractivity contribution in [2.75, 3.05) is 25.1 Å². The number of rotatable bonds is 5. The molecule has 0 radical (unpaired) electrons. The van der Waals surface area contributed by atoms with E-state index in [0.717, 1.165) is 41.8 Å². The van der Waals surface area contributed by atoms with Gasteiger partial charge < -0.3 is 14.4 Å². The van der Waals surface area contributed by atoms with Crippen LogP contribution in [-0.4, -0.2) is 31.2 Å². The van der Waals surface area contributed by atoms with Gasteiger partial charge in [0.15, 0.2) is 0 Å². The molecule has 2 heterocycles. The summed E-state index contributed by atoms with van der Waals surface area (Å²) in [6.07, 6.45) is 3.01. The summed E-state index contributed by atoms with van der Waals surface area (Å²) in [5.74, 6) is 1.25. The zero-order valence-corrected chi connectivity index (χ0v) is 16.6. The maximum Gasteiger partial charge on any atom is 0.309 e. The summed E-state index contributed by atoms with van der Waals surface area (Å²) in [5, 5.41) is 8.85. The Morgan fingerprint density at radius 3 is 2.74 bits per heavy atom. The van der Waals surface area contributed by atoms with E-state index in [4.69, 9.17) is 14.7 Å². The molecule has 0 bridgehead atoms. The SMILES string of the molecule is COc1ccc(Br)cc1COC(=O)C1CCN(c2ccc(C#N)cn2)CC1. The summed E-state index contributed by atoms with van der Waals surface area (Å²) in [7, 11) is 1.60. The average Bonchev–Trinajstić information content (AvgIpc) is 2.72. The van der Waals surface area contributed by atoms with Gasteiger partial charge in [-0.05, 0) is 43.2 Å². The van der Waals surface area contributed by atoms with E-state index in [0.29, 0.717) is 11.3 Å². The highest BCUT2D eigenvalue weighted by atomic mass is 79.9. The fourth-order valence-corrected chi connectivity index (χ4v) is 3.52. The van der Waals surface area contributed by atoms with Crippen molar-refractivity contribution in [1.82, 2.24) is 4.98 Å². The third kappa shape index (κ3) is 4.77. The van der Waals surface area contributed by atoms with Crippen LogP contribution in [0.4, 0.5) is 5.82 Å². The van der Waals surface area contributed by atoms with Crippen LogP contribution in [0.5, 0.6) is 5.75 Å². The summed E-state index contributed by atoms with van der Waals surface area (Å²) < 4.78 is 11.8. The molecule has 1 aliphatic rings. The predicted octanol–water partition coefficient (Wildman–Crippen LogP) is 3.68. The Balaban J connectivity index is 1.52. The minimum atomic E-state index is -0.176. The number of carbonyl (C=O) groups is 1.